The van der Waals surface area contributed by atoms with Crippen molar-refractivity contribution < 1.29 is 5.11 Å². The van der Waals surface area contributed by atoms with Crippen LogP contribution in [0.15, 0.2) is 0 Å². The van der Waals surface area contributed by atoms with Crippen molar-refractivity contribution in [2.75, 3.05) is 39.3 Å². The molecule has 0 aromatic rings. The zero-order chi connectivity index (χ0) is 14.3. The van der Waals surface area contributed by atoms with Crippen LogP contribution in [0.2, 0.25) is 0 Å². The monoisotopic (exact) mass is 270 g/mol. The van der Waals surface area contributed by atoms with Gasteiger partial charge in [-0.2, -0.15) is 0 Å². The molecule has 0 spiro atoms. The number of aliphatic hydroxyl groups excluding tert-OH is 1. The summed E-state index contributed by atoms with van der Waals surface area (Å²) < 4.78 is 0. The van der Waals surface area contributed by atoms with Gasteiger partial charge < -0.3 is 15.3 Å². The average Bonchev–Trinajstić information content (AvgIpc) is 2.28. The second-order valence-corrected chi connectivity index (χ2v) is 7.44. The summed E-state index contributed by atoms with van der Waals surface area (Å²) in [5.41, 5.74) is 0.329. The maximum absolute atomic E-state index is 9.08. The molecule has 0 aliphatic carbocycles. The molecular weight excluding hydrogens is 236 g/mol. The maximum Gasteiger partial charge on any atom is 0.0434 e. The van der Waals surface area contributed by atoms with Crippen LogP contribution < -0.4 is 5.32 Å². The van der Waals surface area contributed by atoms with Crippen LogP contribution in [0.1, 0.15) is 47.0 Å². The SMILES string of the molecule is CC(C)CNCC(C)(C)CN1CCCC(CCO)C1. The Morgan fingerprint density at radius 2 is 2.11 bits per heavy atom. The van der Waals surface area contributed by atoms with Crippen LogP contribution in [-0.2, 0) is 0 Å². The van der Waals surface area contributed by atoms with Crippen molar-refractivity contribution in [2.24, 2.45) is 17.3 Å². The fraction of sp³-hybridized carbons (Fsp3) is 1.00. The highest BCUT2D eigenvalue weighted by Gasteiger charge is 2.25. The van der Waals surface area contributed by atoms with E-state index in [2.05, 4.69) is 37.9 Å². The van der Waals surface area contributed by atoms with Crippen molar-refractivity contribution in [3.63, 3.8) is 0 Å². The van der Waals surface area contributed by atoms with Gasteiger partial charge in [0.15, 0.2) is 0 Å². The van der Waals surface area contributed by atoms with Crippen molar-refractivity contribution >= 4 is 0 Å². The van der Waals surface area contributed by atoms with Gasteiger partial charge >= 0.3 is 0 Å². The van der Waals surface area contributed by atoms with Crippen LogP contribution in [-0.4, -0.2) is 49.3 Å². The maximum atomic E-state index is 9.08. The predicted octanol–water partition coefficient (Wildman–Crippen LogP) is 2.35. The highest BCUT2D eigenvalue weighted by molar-refractivity contribution is 4.80. The molecule has 1 aliphatic rings. The van der Waals surface area contributed by atoms with Crippen molar-refractivity contribution in [3.8, 4) is 0 Å². The van der Waals surface area contributed by atoms with Gasteiger partial charge in [-0.1, -0.05) is 27.7 Å². The molecule has 3 nitrogen and oxygen atoms in total. The third-order valence-corrected chi connectivity index (χ3v) is 3.95. The number of rotatable bonds is 8. The Morgan fingerprint density at radius 3 is 2.74 bits per heavy atom. The molecule has 114 valence electrons. The molecule has 1 fully saturated rings. The lowest BCUT2D eigenvalue weighted by molar-refractivity contribution is 0.106. The second kappa shape index (κ2) is 8.23. The number of likely N-dealkylation sites (tertiary alicyclic amines) is 1. The normalized spacial score (nSPS) is 22.1. The van der Waals surface area contributed by atoms with E-state index in [0.29, 0.717) is 17.9 Å². The van der Waals surface area contributed by atoms with Gasteiger partial charge in [0.25, 0.3) is 0 Å². The van der Waals surface area contributed by atoms with E-state index in [1.807, 2.05) is 0 Å². The van der Waals surface area contributed by atoms with Gasteiger partial charge in [0, 0.05) is 26.2 Å². The first-order valence-corrected chi connectivity index (χ1v) is 7.97. The first-order valence-electron chi connectivity index (χ1n) is 7.97. The van der Waals surface area contributed by atoms with Gasteiger partial charge in [-0.15, -0.1) is 0 Å². The summed E-state index contributed by atoms with van der Waals surface area (Å²) in [6.07, 6.45) is 3.56. The fourth-order valence-corrected chi connectivity index (χ4v) is 3.07. The minimum Gasteiger partial charge on any atom is -0.396 e. The highest BCUT2D eigenvalue weighted by Crippen LogP contribution is 2.23. The molecule has 2 N–H and O–H groups in total. The molecule has 1 heterocycles. The van der Waals surface area contributed by atoms with Crippen molar-refractivity contribution in [1.29, 1.82) is 0 Å². The highest BCUT2D eigenvalue weighted by atomic mass is 16.3. The van der Waals surface area contributed by atoms with Crippen molar-refractivity contribution in [2.45, 2.75) is 47.0 Å². The van der Waals surface area contributed by atoms with Crippen LogP contribution in [0.4, 0.5) is 0 Å². The Morgan fingerprint density at radius 1 is 1.37 bits per heavy atom. The predicted molar refractivity (Wildman–Crippen MR) is 82.4 cm³/mol. The molecule has 19 heavy (non-hydrogen) atoms. The number of hydrogen-bond donors (Lipinski definition) is 2. The van der Waals surface area contributed by atoms with Gasteiger partial charge in [0.1, 0.15) is 0 Å². The molecule has 3 heteroatoms. The Hall–Kier alpha value is -0.120. The van der Waals surface area contributed by atoms with Crippen LogP contribution in [0.25, 0.3) is 0 Å². The number of nitrogens with one attached hydrogen (secondary N) is 1. The largest absolute Gasteiger partial charge is 0.396 e. The molecule has 1 saturated heterocycles. The van der Waals surface area contributed by atoms with Gasteiger partial charge in [-0.25, -0.2) is 0 Å². The molecule has 0 aromatic heterocycles. The molecular formula is C16H34N2O. The van der Waals surface area contributed by atoms with Gasteiger partial charge in [-0.3, -0.25) is 0 Å². The minimum atomic E-state index is 0.329. The van der Waals surface area contributed by atoms with Crippen LogP contribution in [0, 0.1) is 17.3 Å². The smallest absolute Gasteiger partial charge is 0.0434 e. The van der Waals surface area contributed by atoms with E-state index in [4.69, 9.17) is 5.11 Å². The van der Waals surface area contributed by atoms with Crippen molar-refractivity contribution in [3.05, 3.63) is 0 Å². The van der Waals surface area contributed by atoms with E-state index in [1.165, 1.54) is 32.5 Å². The van der Waals surface area contributed by atoms with E-state index in [-0.39, 0.29) is 0 Å². The first-order chi connectivity index (χ1) is 8.93. The van der Waals surface area contributed by atoms with Gasteiger partial charge in [-0.05, 0) is 49.6 Å². The second-order valence-electron chi connectivity index (χ2n) is 7.44. The Bertz CT molecular complexity index is 239. The summed E-state index contributed by atoms with van der Waals surface area (Å²) in [6, 6.07) is 0. The Kier molecular flexibility index (Phi) is 7.33. The molecule has 1 rings (SSSR count). The van der Waals surface area contributed by atoms with E-state index < -0.39 is 0 Å². The van der Waals surface area contributed by atoms with Crippen LogP contribution in [0.5, 0.6) is 0 Å². The van der Waals surface area contributed by atoms with E-state index in [9.17, 15) is 0 Å². The number of hydrogen-bond acceptors (Lipinski definition) is 3. The fourth-order valence-electron chi connectivity index (χ4n) is 3.07. The topological polar surface area (TPSA) is 35.5 Å². The summed E-state index contributed by atoms with van der Waals surface area (Å²) in [4.78, 5) is 2.60. The Labute approximate surface area is 119 Å². The lowest BCUT2D eigenvalue weighted by atomic mass is 9.89. The molecule has 1 atom stereocenters. The molecule has 0 saturated carbocycles. The van der Waals surface area contributed by atoms with Crippen LogP contribution in [0.3, 0.4) is 0 Å². The summed E-state index contributed by atoms with van der Waals surface area (Å²) in [5.74, 6) is 1.43. The summed E-state index contributed by atoms with van der Waals surface area (Å²) >= 11 is 0. The lowest BCUT2D eigenvalue weighted by Gasteiger charge is -2.38. The van der Waals surface area contributed by atoms with E-state index in [0.717, 1.165) is 25.4 Å². The molecule has 0 amide bonds. The third-order valence-electron chi connectivity index (χ3n) is 3.95. The molecule has 0 aromatic carbocycles. The quantitative estimate of drug-likeness (QED) is 0.711. The molecule has 1 unspecified atom stereocenters. The minimum absolute atomic E-state index is 0.329. The van der Waals surface area contributed by atoms with Gasteiger partial charge in [0.05, 0.1) is 0 Å². The zero-order valence-electron chi connectivity index (χ0n) is 13.4. The van der Waals surface area contributed by atoms with Crippen LogP contribution >= 0.6 is 0 Å². The third kappa shape index (κ3) is 7.28. The molecule has 0 radical (unpaired) electrons. The Balaban J connectivity index is 2.30. The van der Waals surface area contributed by atoms with E-state index >= 15 is 0 Å². The zero-order valence-corrected chi connectivity index (χ0v) is 13.4. The lowest BCUT2D eigenvalue weighted by Crippen LogP contribution is -2.45. The number of aliphatic hydroxyl groups is 1. The number of nitrogens with zero attached hydrogens (tertiary/aromatic N) is 1. The standard InChI is InChI=1S/C16H34N2O/c1-14(2)10-17-12-16(3,4)13-18-8-5-6-15(11-18)7-9-19/h14-15,17,19H,5-13H2,1-4H3. The first kappa shape index (κ1) is 16.9. The summed E-state index contributed by atoms with van der Waals surface area (Å²) in [7, 11) is 0. The average molecular weight is 270 g/mol. The van der Waals surface area contributed by atoms with Crippen molar-refractivity contribution in [1.82, 2.24) is 10.2 Å². The van der Waals surface area contributed by atoms with Gasteiger partial charge in [0.2, 0.25) is 0 Å². The summed E-state index contributed by atoms with van der Waals surface area (Å²) in [6.45, 7) is 15.3. The molecule has 1 aliphatic heterocycles. The van der Waals surface area contributed by atoms with E-state index in [1.54, 1.807) is 0 Å². The number of piperidine rings is 1. The molecule has 0 bridgehead atoms. The summed E-state index contributed by atoms with van der Waals surface area (Å²) in [5, 5.41) is 12.7.